The number of rotatable bonds is 5. The number of benzene rings is 1. The summed E-state index contributed by atoms with van der Waals surface area (Å²) in [6.07, 6.45) is 1.79. The fraction of sp³-hybridized carbons (Fsp3) is 0.316. The number of allylic oxidation sites excluding steroid dienone is 4. The zero-order valence-corrected chi connectivity index (χ0v) is 16.0. The van der Waals surface area contributed by atoms with Gasteiger partial charge in [-0.3, -0.25) is 4.68 Å². The van der Waals surface area contributed by atoms with Gasteiger partial charge in [0.05, 0.1) is 11.1 Å². The van der Waals surface area contributed by atoms with Crippen molar-refractivity contribution in [2.75, 3.05) is 0 Å². The van der Waals surface area contributed by atoms with E-state index in [-0.39, 0.29) is 11.3 Å². The van der Waals surface area contributed by atoms with E-state index in [0.29, 0.717) is 19.3 Å². The molecule has 2 N–H and O–H groups in total. The number of sulfonamides is 1. The van der Waals surface area contributed by atoms with Crippen LogP contribution in [0, 0.1) is 0 Å². The van der Waals surface area contributed by atoms with Crippen LogP contribution in [0.2, 0.25) is 0 Å². The van der Waals surface area contributed by atoms with Crippen LogP contribution in [0.25, 0.3) is 11.1 Å². The Kier molecular flexibility index (Phi) is 5.49. The quantitative estimate of drug-likeness (QED) is 0.811. The maximum Gasteiger partial charge on any atom is 0.412 e. The molecule has 1 aliphatic carbocycles. The zero-order chi connectivity index (χ0) is 20.5. The second kappa shape index (κ2) is 7.56. The van der Waals surface area contributed by atoms with E-state index in [9.17, 15) is 21.6 Å². The Balaban J connectivity index is 1.77. The Hall–Kier alpha value is -2.39. The number of hydrogen-bond donors (Lipinski definition) is 1. The molecule has 5 nitrogen and oxygen atoms in total. The van der Waals surface area contributed by atoms with E-state index in [1.807, 2.05) is 0 Å². The number of nitrogens with two attached hydrogens (primary N) is 1. The number of primary sulfonamides is 1. The van der Waals surface area contributed by atoms with E-state index >= 15 is 0 Å². The summed E-state index contributed by atoms with van der Waals surface area (Å²) in [7, 11) is -1.96. The Morgan fingerprint density at radius 3 is 2.32 bits per heavy atom. The number of hydrogen-bond acceptors (Lipinski definition) is 3. The molecule has 0 spiro atoms. The highest BCUT2D eigenvalue weighted by Crippen LogP contribution is 2.34. The highest BCUT2D eigenvalue weighted by atomic mass is 32.2. The van der Waals surface area contributed by atoms with Gasteiger partial charge >= 0.3 is 6.18 Å². The molecule has 0 bridgehead atoms. The van der Waals surface area contributed by atoms with Crippen LogP contribution in [-0.4, -0.2) is 24.4 Å². The Morgan fingerprint density at radius 2 is 1.79 bits per heavy atom. The molecule has 9 heteroatoms. The summed E-state index contributed by atoms with van der Waals surface area (Å²) >= 11 is 0. The van der Waals surface area contributed by atoms with Crippen LogP contribution in [0.3, 0.4) is 0 Å². The summed E-state index contributed by atoms with van der Waals surface area (Å²) in [6, 6.07) is 6.21. The van der Waals surface area contributed by atoms with E-state index in [0.717, 1.165) is 28.5 Å². The van der Waals surface area contributed by atoms with Gasteiger partial charge in [0.15, 0.2) is 0 Å². The maximum absolute atomic E-state index is 12.7. The first-order valence-corrected chi connectivity index (χ1v) is 10.2. The lowest BCUT2D eigenvalue weighted by atomic mass is 9.93. The van der Waals surface area contributed by atoms with Crippen molar-refractivity contribution in [3.63, 3.8) is 0 Å². The third-order valence-electron chi connectivity index (χ3n) is 4.84. The minimum absolute atomic E-state index is 0.00258. The Labute approximate surface area is 161 Å². The van der Waals surface area contributed by atoms with Gasteiger partial charge in [0.25, 0.3) is 0 Å². The second-order valence-corrected chi connectivity index (χ2v) is 8.27. The van der Waals surface area contributed by atoms with Gasteiger partial charge in [-0.1, -0.05) is 29.9 Å². The van der Waals surface area contributed by atoms with Crippen molar-refractivity contribution in [2.45, 2.75) is 36.8 Å². The van der Waals surface area contributed by atoms with E-state index < -0.39 is 21.8 Å². The molecule has 28 heavy (non-hydrogen) atoms. The number of nitrogens with zero attached hydrogens (tertiary/aromatic N) is 2. The summed E-state index contributed by atoms with van der Waals surface area (Å²) in [4.78, 5) is 0.0290. The van der Waals surface area contributed by atoms with E-state index in [4.69, 9.17) is 5.14 Å². The molecule has 1 aliphatic rings. The average Bonchev–Trinajstić information content (AvgIpc) is 2.99. The van der Waals surface area contributed by atoms with Gasteiger partial charge in [0, 0.05) is 23.9 Å². The minimum Gasteiger partial charge on any atom is -0.272 e. The van der Waals surface area contributed by atoms with Gasteiger partial charge in [-0.25, -0.2) is 13.6 Å². The van der Waals surface area contributed by atoms with Crippen molar-refractivity contribution >= 4 is 10.0 Å². The molecule has 1 aromatic heterocycles. The van der Waals surface area contributed by atoms with Crippen molar-refractivity contribution in [3.8, 4) is 11.1 Å². The van der Waals surface area contributed by atoms with Crippen molar-refractivity contribution < 1.29 is 21.6 Å². The van der Waals surface area contributed by atoms with Crippen LogP contribution in [0.15, 0.2) is 58.7 Å². The second-order valence-electron chi connectivity index (χ2n) is 6.71. The lowest BCUT2D eigenvalue weighted by molar-refractivity contribution is -0.0941. The van der Waals surface area contributed by atoms with Gasteiger partial charge in [0.2, 0.25) is 10.0 Å². The molecular formula is C19H20F3N3O2S. The van der Waals surface area contributed by atoms with Gasteiger partial charge < -0.3 is 0 Å². The Morgan fingerprint density at radius 1 is 1.11 bits per heavy atom. The number of alkyl halides is 3. The van der Waals surface area contributed by atoms with Crippen LogP contribution < -0.4 is 5.14 Å². The molecule has 2 aromatic rings. The van der Waals surface area contributed by atoms with Crippen LogP contribution in [0.5, 0.6) is 0 Å². The van der Waals surface area contributed by atoms with Crippen LogP contribution in [0.4, 0.5) is 13.2 Å². The first kappa shape index (κ1) is 20.3. The topological polar surface area (TPSA) is 78.0 Å². The fourth-order valence-electron chi connectivity index (χ4n) is 3.23. The standard InChI is InChI=1S/C19H20F3N3O2S/c1-25-18(11-4-13-2-7-15(8-3-13)19(20,21)22)17(12-24-25)14-5-9-16(10-6-14)28(23,26)27/h2,5-7,9-10,12H,3-4,8,11H2,1H3,(H2,23,26,27). The van der Waals surface area contributed by atoms with Crippen LogP contribution in [0.1, 0.15) is 25.0 Å². The molecule has 0 atom stereocenters. The summed E-state index contributed by atoms with van der Waals surface area (Å²) in [5.74, 6) is 0. The lowest BCUT2D eigenvalue weighted by Crippen LogP contribution is -2.13. The molecule has 3 rings (SSSR count). The molecule has 1 aromatic carbocycles. The summed E-state index contributed by atoms with van der Waals surface area (Å²) in [6.45, 7) is 0. The number of halogens is 3. The minimum atomic E-state index is -4.26. The van der Waals surface area contributed by atoms with E-state index in [2.05, 4.69) is 5.10 Å². The van der Waals surface area contributed by atoms with E-state index in [1.165, 1.54) is 12.1 Å². The monoisotopic (exact) mass is 411 g/mol. The largest absolute Gasteiger partial charge is 0.412 e. The lowest BCUT2D eigenvalue weighted by Gasteiger charge is -2.17. The van der Waals surface area contributed by atoms with Crippen LogP contribution in [-0.2, 0) is 23.5 Å². The predicted octanol–water partition coefficient (Wildman–Crippen LogP) is 3.88. The zero-order valence-electron chi connectivity index (χ0n) is 15.2. The van der Waals surface area contributed by atoms with Crippen molar-refractivity contribution in [3.05, 3.63) is 59.5 Å². The molecular weight excluding hydrogens is 391 g/mol. The number of aromatic nitrogens is 2. The predicted molar refractivity (Wildman–Crippen MR) is 99.8 cm³/mol. The molecule has 0 radical (unpaired) electrons. The summed E-state index contributed by atoms with van der Waals surface area (Å²) < 4.78 is 62.7. The van der Waals surface area contributed by atoms with Crippen LogP contribution >= 0.6 is 0 Å². The molecule has 0 aliphatic heterocycles. The average molecular weight is 411 g/mol. The van der Waals surface area contributed by atoms with Gasteiger partial charge in [0.1, 0.15) is 0 Å². The van der Waals surface area contributed by atoms with Crippen molar-refractivity contribution in [1.29, 1.82) is 0 Å². The fourth-order valence-corrected chi connectivity index (χ4v) is 3.74. The molecule has 1 heterocycles. The molecule has 0 amide bonds. The van der Waals surface area contributed by atoms with Crippen molar-refractivity contribution in [1.82, 2.24) is 9.78 Å². The molecule has 0 saturated carbocycles. The molecule has 0 saturated heterocycles. The molecule has 0 fully saturated rings. The SMILES string of the molecule is Cn1ncc(-c2ccc(S(N)(=O)=O)cc2)c1CCC1=CC=C(C(F)(F)F)CC1. The van der Waals surface area contributed by atoms with E-state index in [1.54, 1.807) is 36.1 Å². The third-order valence-corrected chi connectivity index (χ3v) is 5.77. The number of aryl methyl sites for hydroxylation is 1. The van der Waals surface area contributed by atoms with Gasteiger partial charge in [-0.05, 0) is 43.4 Å². The third kappa shape index (κ3) is 4.53. The Bertz CT molecular complexity index is 1030. The normalized spacial score (nSPS) is 15.3. The smallest absolute Gasteiger partial charge is 0.272 e. The van der Waals surface area contributed by atoms with Crippen molar-refractivity contribution in [2.24, 2.45) is 12.2 Å². The summed E-state index contributed by atoms with van der Waals surface area (Å²) in [5.41, 5.74) is 3.05. The highest BCUT2D eigenvalue weighted by molar-refractivity contribution is 7.89. The molecule has 0 unspecified atom stereocenters. The first-order chi connectivity index (χ1) is 13.1. The summed E-state index contributed by atoms with van der Waals surface area (Å²) in [5, 5.41) is 9.39. The first-order valence-electron chi connectivity index (χ1n) is 8.65. The molecule has 150 valence electrons. The highest BCUT2D eigenvalue weighted by Gasteiger charge is 2.33. The van der Waals surface area contributed by atoms with Gasteiger partial charge in [-0.15, -0.1) is 0 Å². The van der Waals surface area contributed by atoms with Gasteiger partial charge in [-0.2, -0.15) is 18.3 Å². The maximum atomic E-state index is 12.7.